The van der Waals surface area contributed by atoms with Crippen LogP contribution in [0, 0.1) is 0 Å². The molecule has 0 aliphatic carbocycles. The maximum atomic E-state index is 13.4. The summed E-state index contributed by atoms with van der Waals surface area (Å²) in [5, 5.41) is 0. The van der Waals surface area contributed by atoms with Crippen molar-refractivity contribution in [2.45, 2.75) is 44.6 Å². The van der Waals surface area contributed by atoms with Crippen molar-refractivity contribution in [3.63, 3.8) is 0 Å². The molecule has 1 aliphatic heterocycles. The Bertz CT molecular complexity index is 1210. The molecule has 0 unspecified atom stereocenters. The predicted octanol–water partition coefficient (Wildman–Crippen LogP) is 5.98. The Balaban J connectivity index is 1.36. The van der Waals surface area contributed by atoms with E-state index in [2.05, 4.69) is 83.1 Å². The zero-order valence-corrected chi connectivity index (χ0v) is 19.2. The van der Waals surface area contributed by atoms with Gasteiger partial charge in [0.2, 0.25) is 5.91 Å². The smallest absolute Gasteiger partial charge is 0.230 e. The van der Waals surface area contributed by atoms with Gasteiger partial charge in [0.1, 0.15) is 5.82 Å². The van der Waals surface area contributed by atoms with Crippen LogP contribution in [0.5, 0.6) is 0 Å². The summed E-state index contributed by atoms with van der Waals surface area (Å²) in [4.78, 5) is 20.4. The second-order valence-corrected chi connectivity index (χ2v) is 8.98. The number of hydrogen-bond donors (Lipinski definition) is 0. The van der Waals surface area contributed by atoms with Crippen LogP contribution in [0.3, 0.4) is 0 Å². The Kier molecular flexibility index (Phi) is 6.25. The molecular formula is C29H31N3O. The highest BCUT2D eigenvalue weighted by Crippen LogP contribution is 2.31. The summed E-state index contributed by atoms with van der Waals surface area (Å²) in [6.07, 6.45) is 3.56. The van der Waals surface area contributed by atoms with Crippen LogP contribution in [-0.4, -0.2) is 33.4 Å². The first-order valence-electron chi connectivity index (χ1n) is 12.1. The standard InChI is InChI=1S/C29H31N3O/c1-2-25(23-13-7-4-8-14-23)29(33)31-19-17-24(18-20-31)32-27-16-10-9-15-26(27)30-28(32)21-22-11-5-3-6-12-22/h3-16,24-25H,2,17-21H2,1H3/t25-/m0/s1. The summed E-state index contributed by atoms with van der Waals surface area (Å²) in [5.74, 6) is 1.33. The molecule has 4 nitrogen and oxygen atoms in total. The van der Waals surface area contributed by atoms with Crippen molar-refractivity contribution in [1.82, 2.24) is 14.5 Å². The van der Waals surface area contributed by atoms with Crippen LogP contribution in [0.15, 0.2) is 84.9 Å². The largest absolute Gasteiger partial charge is 0.342 e. The molecular weight excluding hydrogens is 406 g/mol. The summed E-state index contributed by atoms with van der Waals surface area (Å²) >= 11 is 0. The minimum Gasteiger partial charge on any atom is -0.342 e. The number of fused-ring (bicyclic) bond motifs is 1. The Morgan fingerprint density at radius 1 is 0.909 bits per heavy atom. The van der Waals surface area contributed by atoms with Gasteiger partial charge in [0, 0.05) is 25.6 Å². The predicted molar refractivity (Wildman–Crippen MR) is 133 cm³/mol. The van der Waals surface area contributed by atoms with Crippen molar-refractivity contribution in [3.8, 4) is 0 Å². The normalized spacial score (nSPS) is 15.6. The maximum absolute atomic E-state index is 13.4. The van der Waals surface area contributed by atoms with E-state index in [1.54, 1.807) is 0 Å². The molecule has 0 radical (unpaired) electrons. The Hall–Kier alpha value is -3.40. The Morgan fingerprint density at radius 2 is 1.55 bits per heavy atom. The van der Waals surface area contributed by atoms with Gasteiger partial charge < -0.3 is 9.47 Å². The maximum Gasteiger partial charge on any atom is 0.230 e. The quantitative estimate of drug-likeness (QED) is 0.372. The van der Waals surface area contributed by atoms with Crippen molar-refractivity contribution < 1.29 is 4.79 Å². The van der Waals surface area contributed by atoms with Crippen molar-refractivity contribution >= 4 is 16.9 Å². The second kappa shape index (κ2) is 9.62. The molecule has 1 atom stereocenters. The number of hydrogen-bond acceptors (Lipinski definition) is 2. The highest BCUT2D eigenvalue weighted by atomic mass is 16.2. The highest BCUT2D eigenvalue weighted by Gasteiger charge is 2.30. The minimum absolute atomic E-state index is 0.0505. The third-order valence-corrected chi connectivity index (χ3v) is 6.92. The van der Waals surface area contributed by atoms with E-state index in [0.29, 0.717) is 6.04 Å². The molecule has 1 aromatic heterocycles. The minimum atomic E-state index is -0.0505. The van der Waals surface area contributed by atoms with Crippen molar-refractivity contribution in [1.29, 1.82) is 0 Å². The number of piperidine rings is 1. The third kappa shape index (κ3) is 4.43. The topological polar surface area (TPSA) is 38.1 Å². The van der Waals surface area contributed by atoms with E-state index in [0.717, 1.165) is 55.7 Å². The molecule has 0 spiro atoms. The van der Waals surface area contributed by atoms with Crippen LogP contribution in [0.2, 0.25) is 0 Å². The van der Waals surface area contributed by atoms with Gasteiger partial charge >= 0.3 is 0 Å². The summed E-state index contributed by atoms with van der Waals surface area (Å²) in [7, 11) is 0. The van der Waals surface area contributed by atoms with Gasteiger partial charge in [0.15, 0.2) is 0 Å². The van der Waals surface area contributed by atoms with E-state index in [1.807, 2.05) is 18.2 Å². The number of amides is 1. The fourth-order valence-corrected chi connectivity index (χ4v) is 5.21. The van der Waals surface area contributed by atoms with Gasteiger partial charge in [-0.25, -0.2) is 4.98 Å². The number of imidazole rings is 1. The molecule has 5 rings (SSSR count). The molecule has 4 heteroatoms. The van der Waals surface area contributed by atoms with E-state index >= 15 is 0 Å². The average Bonchev–Trinajstić information content (AvgIpc) is 3.23. The number of carbonyl (C=O) groups is 1. The molecule has 4 aromatic rings. The molecule has 168 valence electrons. The second-order valence-electron chi connectivity index (χ2n) is 8.98. The van der Waals surface area contributed by atoms with Gasteiger partial charge in [-0.3, -0.25) is 4.79 Å². The van der Waals surface area contributed by atoms with Crippen LogP contribution in [0.25, 0.3) is 11.0 Å². The molecule has 1 amide bonds. The van der Waals surface area contributed by atoms with Crippen LogP contribution < -0.4 is 0 Å². The van der Waals surface area contributed by atoms with Crippen molar-refractivity contribution in [2.24, 2.45) is 0 Å². The molecule has 1 aliphatic rings. The third-order valence-electron chi connectivity index (χ3n) is 6.92. The highest BCUT2D eigenvalue weighted by molar-refractivity contribution is 5.84. The SMILES string of the molecule is CC[C@H](C(=O)N1CCC(n2c(Cc3ccccc3)nc3ccccc32)CC1)c1ccccc1. The van der Waals surface area contributed by atoms with Gasteiger partial charge in [0.25, 0.3) is 0 Å². The van der Waals surface area contributed by atoms with Crippen molar-refractivity contribution in [2.75, 3.05) is 13.1 Å². The molecule has 0 saturated carbocycles. The molecule has 3 aromatic carbocycles. The van der Waals surface area contributed by atoms with Crippen LogP contribution >= 0.6 is 0 Å². The van der Waals surface area contributed by atoms with E-state index in [-0.39, 0.29) is 11.8 Å². The lowest BCUT2D eigenvalue weighted by Gasteiger charge is -2.35. The van der Waals surface area contributed by atoms with E-state index < -0.39 is 0 Å². The zero-order chi connectivity index (χ0) is 22.6. The molecule has 1 saturated heterocycles. The van der Waals surface area contributed by atoms with Gasteiger partial charge in [-0.15, -0.1) is 0 Å². The van der Waals surface area contributed by atoms with E-state index in [4.69, 9.17) is 4.98 Å². The Morgan fingerprint density at radius 3 is 2.24 bits per heavy atom. The lowest BCUT2D eigenvalue weighted by Crippen LogP contribution is -2.41. The van der Waals surface area contributed by atoms with E-state index in [9.17, 15) is 4.79 Å². The van der Waals surface area contributed by atoms with Crippen molar-refractivity contribution in [3.05, 3.63) is 102 Å². The monoisotopic (exact) mass is 437 g/mol. The van der Waals surface area contributed by atoms with E-state index in [1.165, 1.54) is 11.1 Å². The van der Waals surface area contributed by atoms with Crippen LogP contribution in [0.4, 0.5) is 0 Å². The number of aromatic nitrogens is 2. The first kappa shape index (κ1) is 21.4. The van der Waals surface area contributed by atoms with Crippen LogP contribution in [0.1, 0.15) is 55.1 Å². The molecule has 1 fully saturated rings. The van der Waals surface area contributed by atoms with Gasteiger partial charge in [-0.1, -0.05) is 79.7 Å². The number of para-hydroxylation sites is 2. The molecule has 2 heterocycles. The lowest BCUT2D eigenvalue weighted by atomic mass is 9.93. The number of rotatable bonds is 6. The number of nitrogens with zero attached hydrogens (tertiary/aromatic N) is 3. The summed E-state index contributed by atoms with van der Waals surface area (Å²) in [6.45, 7) is 3.70. The van der Waals surface area contributed by atoms with Gasteiger partial charge in [-0.2, -0.15) is 0 Å². The average molecular weight is 438 g/mol. The van der Waals surface area contributed by atoms with Gasteiger partial charge in [0.05, 0.1) is 17.0 Å². The molecule has 33 heavy (non-hydrogen) atoms. The summed E-state index contributed by atoms with van der Waals surface area (Å²) in [5.41, 5.74) is 4.65. The first-order chi connectivity index (χ1) is 16.2. The zero-order valence-electron chi connectivity index (χ0n) is 19.2. The fraction of sp³-hybridized carbons (Fsp3) is 0.310. The molecule has 0 N–H and O–H groups in total. The summed E-state index contributed by atoms with van der Waals surface area (Å²) < 4.78 is 2.44. The Labute approximate surface area is 195 Å². The number of likely N-dealkylation sites (tertiary alicyclic amines) is 1. The summed E-state index contributed by atoms with van der Waals surface area (Å²) in [6, 6.07) is 29.6. The fourth-order valence-electron chi connectivity index (χ4n) is 5.21. The number of benzene rings is 3. The molecule has 0 bridgehead atoms. The van der Waals surface area contributed by atoms with Crippen LogP contribution in [-0.2, 0) is 11.2 Å². The lowest BCUT2D eigenvalue weighted by molar-refractivity contribution is -0.134. The number of carbonyl (C=O) groups excluding carboxylic acids is 1. The first-order valence-corrected chi connectivity index (χ1v) is 12.1. The van der Waals surface area contributed by atoms with Gasteiger partial charge in [-0.05, 0) is 42.5 Å².